The van der Waals surface area contributed by atoms with E-state index in [1.807, 2.05) is 41.3 Å². The first-order valence-corrected chi connectivity index (χ1v) is 14.9. The van der Waals surface area contributed by atoms with Crippen molar-refractivity contribution < 1.29 is 23.9 Å². The normalized spacial score (nSPS) is 19.0. The molecule has 1 aliphatic carbocycles. The molecule has 1 N–H and O–H groups in total. The van der Waals surface area contributed by atoms with Gasteiger partial charge in [0.15, 0.2) is 0 Å². The van der Waals surface area contributed by atoms with Gasteiger partial charge < -0.3 is 24.6 Å². The van der Waals surface area contributed by atoms with Crippen LogP contribution in [0.5, 0.6) is 0 Å². The van der Waals surface area contributed by atoms with Crippen molar-refractivity contribution in [3.63, 3.8) is 0 Å². The van der Waals surface area contributed by atoms with E-state index in [2.05, 4.69) is 33.3 Å². The number of nitrogens with one attached hydrogen (secondary N) is 1. The van der Waals surface area contributed by atoms with Crippen LogP contribution < -0.4 is 15.1 Å². The Bertz CT molecular complexity index is 1620. The van der Waals surface area contributed by atoms with E-state index in [0.29, 0.717) is 43.1 Å². The molecule has 7 rings (SSSR count). The first-order chi connectivity index (χ1) is 21.0. The van der Waals surface area contributed by atoms with Crippen LogP contribution >= 0.6 is 0 Å². The predicted octanol–water partition coefficient (Wildman–Crippen LogP) is 4.18. The Morgan fingerprint density at radius 2 is 1.77 bits per heavy atom. The Morgan fingerprint density at radius 3 is 2.51 bits per heavy atom. The highest BCUT2D eigenvalue weighted by Crippen LogP contribution is 2.46. The molecule has 0 unspecified atom stereocenters. The van der Waals surface area contributed by atoms with E-state index in [4.69, 9.17) is 9.47 Å². The van der Waals surface area contributed by atoms with Gasteiger partial charge in [0.25, 0.3) is 5.91 Å². The lowest BCUT2D eigenvalue weighted by molar-refractivity contribution is -0.120. The zero-order chi connectivity index (χ0) is 29.5. The Kier molecular flexibility index (Phi) is 7.20. The highest BCUT2D eigenvalue weighted by atomic mass is 16.5. The van der Waals surface area contributed by atoms with Gasteiger partial charge in [-0.3, -0.25) is 14.5 Å². The number of anilines is 3. The van der Waals surface area contributed by atoms with Crippen LogP contribution in [0, 0.1) is 0 Å². The maximum absolute atomic E-state index is 13.7. The molecule has 2 amide bonds. The fourth-order valence-corrected chi connectivity index (χ4v) is 6.34. The highest BCUT2D eigenvalue weighted by molar-refractivity contribution is 6.38. The van der Waals surface area contributed by atoms with E-state index >= 15 is 0 Å². The second-order valence-electron chi connectivity index (χ2n) is 11.4. The standard InChI is InChI=1S/C34H34N4O5/c1-42-34(41)24-7-11-27-28(20-24)35-33(40)31(27)32(22-5-3-2-4-6-22)38(25-8-9-25)26-10-12-29-23(19-26)13-14-37(29)30(39)21-36-15-17-43-18-16-36/h2-7,10-12,19-20,25H,8-9,13-18,21H2,1H3,(H,35,40). The Morgan fingerprint density at radius 1 is 0.977 bits per heavy atom. The second-order valence-corrected chi connectivity index (χ2v) is 11.4. The maximum atomic E-state index is 13.7. The molecule has 3 heterocycles. The molecule has 1 saturated carbocycles. The largest absolute Gasteiger partial charge is 0.465 e. The first kappa shape index (κ1) is 27.4. The summed E-state index contributed by atoms with van der Waals surface area (Å²) < 4.78 is 10.3. The monoisotopic (exact) mass is 578 g/mol. The van der Waals surface area contributed by atoms with E-state index < -0.39 is 5.97 Å². The lowest BCUT2D eigenvalue weighted by Crippen LogP contribution is -2.44. The van der Waals surface area contributed by atoms with Gasteiger partial charge in [0.05, 0.1) is 49.4 Å². The molecular weight excluding hydrogens is 544 g/mol. The molecule has 9 nitrogen and oxygen atoms in total. The molecule has 3 aliphatic heterocycles. The number of fused-ring (bicyclic) bond motifs is 2. The third kappa shape index (κ3) is 5.19. The van der Waals surface area contributed by atoms with Crippen molar-refractivity contribution in [3.05, 3.63) is 89.0 Å². The molecule has 0 spiro atoms. The number of methoxy groups -OCH3 is 1. The number of benzene rings is 3. The number of nitrogens with zero attached hydrogens (tertiary/aromatic N) is 3. The van der Waals surface area contributed by atoms with Gasteiger partial charge in [-0.25, -0.2) is 4.79 Å². The molecule has 43 heavy (non-hydrogen) atoms. The number of carbonyl (C=O) groups is 3. The maximum Gasteiger partial charge on any atom is 0.337 e. The van der Waals surface area contributed by atoms with Crippen LogP contribution in [-0.4, -0.2) is 75.2 Å². The second kappa shape index (κ2) is 11.3. The molecule has 4 aliphatic rings. The van der Waals surface area contributed by atoms with E-state index in [1.54, 1.807) is 12.1 Å². The van der Waals surface area contributed by atoms with Gasteiger partial charge in [-0.2, -0.15) is 0 Å². The highest BCUT2D eigenvalue weighted by Gasteiger charge is 2.38. The molecule has 1 saturated heterocycles. The molecule has 0 bridgehead atoms. The van der Waals surface area contributed by atoms with Crippen LogP contribution in [0.25, 0.3) is 11.3 Å². The van der Waals surface area contributed by atoms with Crippen LogP contribution in [0.4, 0.5) is 17.1 Å². The summed E-state index contributed by atoms with van der Waals surface area (Å²) in [5.41, 5.74) is 7.18. The predicted molar refractivity (Wildman–Crippen MR) is 165 cm³/mol. The van der Waals surface area contributed by atoms with Crippen LogP contribution in [0.15, 0.2) is 66.7 Å². The summed E-state index contributed by atoms with van der Waals surface area (Å²) in [7, 11) is 1.34. The molecule has 220 valence electrons. The Balaban J connectivity index is 1.28. The van der Waals surface area contributed by atoms with Crippen LogP contribution in [0.2, 0.25) is 0 Å². The van der Waals surface area contributed by atoms with Crippen molar-refractivity contribution >= 4 is 46.1 Å². The Labute approximate surface area is 250 Å². The minimum Gasteiger partial charge on any atom is -0.465 e. The van der Waals surface area contributed by atoms with Gasteiger partial charge in [0, 0.05) is 42.6 Å². The number of ether oxygens (including phenoxy) is 2. The number of hydrogen-bond acceptors (Lipinski definition) is 7. The van der Waals surface area contributed by atoms with Crippen LogP contribution in [-0.2, 0) is 25.5 Å². The van der Waals surface area contributed by atoms with Crippen LogP contribution in [0.3, 0.4) is 0 Å². The molecular formula is C34H34N4O5. The third-order valence-electron chi connectivity index (χ3n) is 8.62. The lowest BCUT2D eigenvalue weighted by Gasteiger charge is -2.30. The quantitative estimate of drug-likeness (QED) is 0.332. The van der Waals surface area contributed by atoms with E-state index in [-0.39, 0.29) is 17.9 Å². The topological polar surface area (TPSA) is 91.4 Å². The van der Waals surface area contributed by atoms with Crippen molar-refractivity contribution in [2.45, 2.75) is 25.3 Å². The van der Waals surface area contributed by atoms with Gasteiger partial charge >= 0.3 is 5.97 Å². The minimum atomic E-state index is -0.451. The van der Waals surface area contributed by atoms with Gasteiger partial charge in [-0.15, -0.1) is 0 Å². The zero-order valence-corrected chi connectivity index (χ0v) is 24.2. The van der Waals surface area contributed by atoms with Crippen molar-refractivity contribution in [1.82, 2.24) is 4.90 Å². The minimum absolute atomic E-state index is 0.116. The van der Waals surface area contributed by atoms with Gasteiger partial charge in [-0.1, -0.05) is 36.4 Å². The first-order valence-electron chi connectivity index (χ1n) is 14.9. The SMILES string of the molecule is COC(=O)c1ccc2c(c1)NC(=O)C2=C(c1ccccc1)N(c1ccc2c(c1)CCN2C(=O)CN1CCOCC1)C1CC1. The fourth-order valence-electron chi connectivity index (χ4n) is 6.34. The number of carbonyl (C=O) groups excluding carboxylic acids is 3. The van der Waals surface area contributed by atoms with Crippen molar-refractivity contribution in [3.8, 4) is 0 Å². The lowest BCUT2D eigenvalue weighted by atomic mass is 9.97. The number of morpholine rings is 1. The molecule has 9 heteroatoms. The average Bonchev–Trinajstić information content (AvgIpc) is 3.70. The summed E-state index contributed by atoms with van der Waals surface area (Å²) in [4.78, 5) is 45.5. The number of rotatable bonds is 7. The Hall–Kier alpha value is -4.47. The summed E-state index contributed by atoms with van der Waals surface area (Å²) in [5.74, 6) is -0.541. The van der Waals surface area contributed by atoms with Gasteiger partial charge in [0.1, 0.15) is 0 Å². The number of esters is 1. The van der Waals surface area contributed by atoms with Crippen molar-refractivity contribution in [2.24, 2.45) is 0 Å². The fraction of sp³-hybridized carbons (Fsp3) is 0.324. The summed E-state index contributed by atoms with van der Waals surface area (Å²) in [6.45, 7) is 3.95. The average molecular weight is 579 g/mol. The summed E-state index contributed by atoms with van der Waals surface area (Å²) in [6.07, 6.45) is 2.81. The molecule has 0 aromatic heterocycles. The van der Waals surface area contributed by atoms with Gasteiger partial charge in [-0.05, 0) is 60.7 Å². The molecule has 2 fully saturated rings. The summed E-state index contributed by atoms with van der Waals surface area (Å²) in [5, 5.41) is 2.99. The molecule has 3 aromatic rings. The van der Waals surface area contributed by atoms with Crippen LogP contribution in [0.1, 0.15) is 39.9 Å². The number of amides is 2. The third-order valence-corrected chi connectivity index (χ3v) is 8.62. The van der Waals surface area contributed by atoms with E-state index in [0.717, 1.165) is 66.1 Å². The van der Waals surface area contributed by atoms with E-state index in [9.17, 15) is 14.4 Å². The zero-order valence-electron chi connectivity index (χ0n) is 24.2. The van der Waals surface area contributed by atoms with Gasteiger partial charge in [0.2, 0.25) is 5.91 Å². The van der Waals surface area contributed by atoms with Crippen molar-refractivity contribution in [2.75, 3.05) is 61.6 Å². The van der Waals surface area contributed by atoms with E-state index in [1.165, 1.54) is 7.11 Å². The molecule has 0 atom stereocenters. The summed E-state index contributed by atoms with van der Waals surface area (Å²) >= 11 is 0. The molecule has 3 aromatic carbocycles. The number of hydrogen-bond donors (Lipinski definition) is 1. The summed E-state index contributed by atoms with van der Waals surface area (Å²) in [6, 6.07) is 21.8. The van der Waals surface area contributed by atoms with Crippen molar-refractivity contribution in [1.29, 1.82) is 0 Å². The molecule has 0 radical (unpaired) electrons. The smallest absolute Gasteiger partial charge is 0.337 e.